The highest BCUT2D eigenvalue weighted by Crippen LogP contribution is 2.16. The van der Waals surface area contributed by atoms with Gasteiger partial charge in [-0.25, -0.2) is 0 Å². The number of benzene rings is 1. The zero-order chi connectivity index (χ0) is 12.9. The highest BCUT2D eigenvalue weighted by atomic mass is 32.2. The van der Waals surface area contributed by atoms with Crippen LogP contribution in [0, 0.1) is 0 Å². The normalized spacial score (nSPS) is 10.9. The molecule has 1 aromatic carbocycles. The first-order valence-corrected chi connectivity index (χ1v) is 6.60. The molecule has 1 aromatic rings. The lowest BCUT2D eigenvalue weighted by Crippen LogP contribution is -2.52. The maximum absolute atomic E-state index is 11.7. The Kier molecular flexibility index (Phi) is 4.96. The van der Waals surface area contributed by atoms with Gasteiger partial charge in [0.15, 0.2) is 0 Å². The topological polar surface area (TPSA) is 55.1 Å². The van der Waals surface area contributed by atoms with Crippen molar-refractivity contribution in [1.29, 1.82) is 0 Å². The largest absolute Gasteiger partial charge is 0.391 e. The van der Waals surface area contributed by atoms with Crippen LogP contribution in [-0.2, 0) is 4.79 Å². The molecule has 0 aromatic heterocycles. The van der Waals surface area contributed by atoms with E-state index in [4.69, 9.17) is 18.0 Å². The smallest absolute Gasteiger partial charge is 0.231 e. The van der Waals surface area contributed by atoms with Crippen LogP contribution in [0.3, 0.4) is 0 Å². The van der Waals surface area contributed by atoms with Crippen LogP contribution < -0.4 is 11.1 Å². The Hall–Kier alpha value is -1.07. The standard InChI is InChI=1S/C12H16N2OS2/c1-12(2,11(13)16)14-10(15)8-17-9-6-4-3-5-7-9/h3-7H,8H2,1-2H3,(H2,13,16)(H,14,15). The van der Waals surface area contributed by atoms with E-state index in [9.17, 15) is 4.79 Å². The monoisotopic (exact) mass is 268 g/mol. The number of thiocarbonyl (C=S) groups is 1. The SMILES string of the molecule is CC(C)(NC(=O)CSc1ccccc1)C(N)=S. The van der Waals surface area contributed by atoms with Gasteiger partial charge >= 0.3 is 0 Å². The van der Waals surface area contributed by atoms with Gasteiger partial charge in [-0.15, -0.1) is 11.8 Å². The number of nitrogens with two attached hydrogens (primary N) is 1. The molecule has 3 nitrogen and oxygen atoms in total. The van der Waals surface area contributed by atoms with Crippen LogP contribution in [0.15, 0.2) is 35.2 Å². The van der Waals surface area contributed by atoms with Crippen LogP contribution >= 0.6 is 24.0 Å². The second-order valence-electron chi connectivity index (χ2n) is 4.14. The van der Waals surface area contributed by atoms with Gasteiger partial charge in [-0.3, -0.25) is 4.79 Å². The zero-order valence-corrected chi connectivity index (χ0v) is 11.5. The third-order valence-corrected chi connectivity index (χ3v) is 3.70. The van der Waals surface area contributed by atoms with Crippen molar-refractivity contribution < 1.29 is 4.79 Å². The quantitative estimate of drug-likeness (QED) is 0.633. The number of nitrogens with one attached hydrogen (secondary N) is 1. The van der Waals surface area contributed by atoms with Crippen LogP contribution in [0.4, 0.5) is 0 Å². The van der Waals surface area contributed by atoms with Crippen molar-refractivity contribution >= 4 is 34.9 Å². The molecule has 0 saturated carbocycles. The van der Waals surface area contributed by atoms with Crippen molar-refractivity contribution in [1.82, 2.24) is 5.32 Å². The van der Waals surface area contributed by atoms with Gasteiger partial charge in [0.05, 0.1) is 16.3 Å². The van der Waals surface area contributed by atoms with Gasteiger partial charge in [0.1, 0.15) is 0 Å². The minimum Gasteiger partial charge on any atom is -0.391 e. The maximum atomic E-state index is 11.7. The Morgan fingerprint density at radius 3 is 2.53 bits per heavy atom. The summed E-state index contributed by atoms with van der Waals surface area (Å²) in [5.74, 6) is 0.285. The van der Waals surface area contributed by atoms with Gasteiger partial charge in [-0.1, -0.05) is 30.4 Å². The summed E-state index contributed by atoms with van der Waals surface area (Å²) in [6.07, 6.45) is 0. The highest BCUT2D eigenvalue weighted by Gasteiger charge is 2.23. The van der Waals surface area contributed by atoms with Crippen LogP contribution in [0.1, 0.15) is 13.8 Å². The summed E-state index contributed by atoms with van der Waals surface area (Å²) in [6, 6.07) is 9.77. The molecule has 0 atom stereocenters. The lowest BCUT2D eigenvalue weighted by atomic mass is 10.1. The summed E-state index contributed by atoms with van der Waals surface area (Å²) < 4.78 is 0. The second-order valence-corrected chi connectivity index (χ2v) is 5.63. The maximum Gasteiger partial charge on any atom is 0.231 e. The van der Waals surface area contributed by atoms with Crippen molar-refractivity contribution in [2.24, 2.45) is 5.73 Å². The van der Waals surface area contributed by atoms with E-state index in [1.54, 1.807) is 13.8 Å². The average Bonchev–Trinajstić information content (AvgIpc) is 2.27. The lowest BCUT2D eigenvalue weighted by Gasteiger charge is -2.24. The molecule has 0 aliphatic heterocycles. The predicted molar refractivity (Wildman–Crippen MR) is 76.2 cm³/mol. The molecule has 1 rings (SSSR count). The molecule has 17 heavy (non-hydrogen) atoms. The van der Waals surface area contributed by atoms with E-state index >= 15 is 0 Å². The van der Waals surface area contributed by atoms with Crippen LogP contribution in [-0.4, -0.2) is 22.2 Å². The van der Waals surface area contributed by atoms with E-state index in [-0.39, 0.29) is 10.9 Å². The van der Waals surface area contributed by atoms with Gasteiger partial charge in [-0.2, -0.15) is 0 Å². The molecule has 1 amide bonds. The van der Waals surface area contributed by atoms with Crippen LogP contribution in [0.5, 0.6) is 0 Å². The predicted octanol–water partition coefficient (Wildman–Crippen LogP) is 1.96. The van der Waals surface area contributed by atoms with E-state index in [2.05, 4.69) is 5.32 Å². The fourth-order valence-corrected chi connectivity index (χ4v) is 1.88. The molecule has 0 unspecified atom stereocenters. The molecule has 3 N–H and O–H groups in total. The van der Waals surface area contributed by atoms with Crippen molar-refractivity contribution in [2.75, 3.05) is 5.75 Å². The molecule has 92 valence electrons. The Bertz CT molecular complexity index is 404. The van der Waals surface area contributed by atoms with Gasteiger partial charge in [0, 0.05) is 4.90 Å². The van der Waals surface area contributed by atoms with Crippen LogP contribution in [0.2, 0.25) is 0 Å². The first-order chi connectivity index (χ1) is 7.92. The Morgan fingerprint density at radius 2 is 2.00 bits per heavy atom. The second kappa shape index (κ2) is 6.02. The fourth-order valence-electron chi connectivity index (χ4n) is 1.11. The van der Waals surface area contributed by atoms with E-state index < -0.39 is 5.54 Å². The summed E-state index contributed by atoms with van der Waals surface area (Å²) in [4.78, 5) is 13.0. The summed E-state index contributed by atoms with van der Waals surface area (Å²) >= 11 is 6.37. The van der Waals surface area contributed by atoms with E-state index in [1.165, 1.54) is 11.8 Å². The molecule has 0 aliphatic carbocycles. The number of carbonyl (C=O) groups is 1. The molecule has 0 bridgehead atoms. The van der Waals surface area contributed by atoms with Gasteiger partial charge in [0.2, 0.25) is 5.91 Å². The average molecular weight is 268 g/mol. The van der Waals surface area contributed by atoms with Crippen LogP contribution in [0.25, 0.3) is 0 Å². The molecular weight excluding hydrogens is 252 g/mol. The summed E-state index contributed by atoms with van der Waals surface area (Å²) in [6.45, 7) is 3.58. The van der Waals surface area contributed by atoms with E-state index in [0.29, 0.717) is 5.75 Å². The summed E-state index contributed by atoms with van der Waals surface area (Å²) in [5, 5.41) is 2.80. The minimum absolute atomic E-state index is 0.0725. The summed E-state index contributed by atoms with van der Waals surface area (Å²) in [7, 11) is 0. The molecule has 5 heteroatoms. The molecule has 0 saturated heterocycles. The van der Waals surface area contributed by atoms with Crippen molar-refractivity contribution in [2.45, 2.75) is 24.3 Å². The van der Waals surface area contributed by atoms with Crippen molar-refractivity contribution in [3.8, 4) is 0 Å². The van der Waals surface area contributed by atoms with Gasteiger partial charge in [-0.05, 0) is 26.0 Å². The van der Waals surface area contributed by atoms with Crippen molar-refractivity contribution in [3.05, 3.63) is 30.3 Å². The summed E-state index contributed by atoms with van der Waals surface area (Å²) in [5.41, 5.74) is 4.90. The molecule has 0 spiro atoms. The van der Waals surface area contributed by atoms with Gasteiger partial charge < -0.3 is 11.1 Å². The molecule has 0 aliphatic rings. The number of hydrogen-bond acceptors (Lipinski definition) is 3. The molecule has 0 radical (unpaired) electrons. The molecular formula is C12H16N2OS2. The fraction of sp³-hybridized carbons (Fsp3) is 0.333. The molecule has 0 fully saturated rings. The third-order valence-electron chi connectivity index (χ3n) is 2.18. The highest BCUT2D eigenvalue weighted by molar-refractivity contribution is 8.00. The third kappa shape index (κ3) is 4.75. The number of thioether (sulfide) groups is 1. The molecule has 0 heterocycles. The number of amides is 1. The Balaban J connectivity index is 2.44. The zero-order valence-electron chi connectivity index (χ0n) is 9.90. The first-order valence-electron chi connectivity index (χ1n) is 5.20. The Labute approximate surface area is 111 Å². The first kappa shape index (κ1) is 14.0. The lowest BCUT2D eigenvalue weighted by molar-refractivity contribution is -0.119. The van der Waals surface area contributed by atoms with Crippen molar-refractivity contribution in [3.63, 3.8) is 0 Å². The number of hydrogen-bond donors (Lipinski definition) is 2. The minimum atomic E-state index is -0.635. The number of carbonyl (C=O) groups excluding carboxylic acids is 1. The van der Waals surface area contributed by atoms with E-state index in [0.717, 1.165) is 4.90 Å². The Morgan fingerprint density at radius 1 is 1.41 bits per heavy atom. The number of rotatable bonds is 5. The van der Waals surface area contributed by atoms with E-state index in [1.807, 2.05) is 30.3 Å². The van der Waals surface area contributed by atoms with Gasteiger partial charge in [0.25, 0.3) is 0 Å².